The molecule has 0 radical (unpaired) electrons. The monoisotopic (exact) mass is 416 g/mol. The van der Waals surface area contributed by atoms with Crippen LogP contribution in [0.2, 0.25) is 0 Å². The van der Waals surface area contributed by atoms with Gasteiger partial charge in [-0.25, -0.2) is 0 Å². The van der Waals surface area contributed by atoms with Gasteiger partial charge in [0.05, 0.1) is 12.9 Å². The van der Waals surface area contributed by atoms with E-state index < -0.39 is 0 Å². The van der Waals surface area contributed by atoms with Gasteiger partial charge in [-0.15, -0.1) is 21.5 Å². The van der Waals surface area contributed by atoms with E-state index in [2.05, 4.69) is 52.3 Å². The van der Waals surface area contributed by atoms with Gasteiger partial charge in [-0.1, -0.05) is 18.7 Å². The Bertz CT molecular complexity index is 932. The number of methoxy groups -OCH3 is 1. The molecule has 6 nitrogen and oxygen atoms in total. The summed E-state index contributed by atoms with van der Waals surface area (Å²) < 4.78 is 7.22. The number of nitrogens with one attached hydrogen (secondary N) is 1. The van der Waals surface area contributed by atoms with Gasteiger partial charge in [-0.3, -0.25) is 9.36 Å². The van der Waals surface area contributed by atoms with Crippen LogP contribution in [0.15, 0.2) is 40.9 Å². The fourth-order valence-electron chi connectivity index (χ4n) is 2.72. The minimum atomic E-state index is -0.0844. The van der Waals surface area contributed by atoms with Crippen LogP contribution >= 0.6 is 23.1 Å². The minimum Gasteiger partial charge on any atom is -0.497 e. The molecule has 1 aromatic carbocycles. The molecule has 0 fully saturated rings. The van der Waals surface area contributed by atoms with Crippen molar-refractivity contribution in [2.45, 2.75) is 38.4 Å². The number of thioether (sulfide) groups is 1. The Labute approximate surface area is 173 Å². The van der Waals surface area contributed by atoms with Crippen molar-refractivity contribution in [2.24, 2.45) is 0 Å². The number of aryl methyl sites for hydroxylation is 1. The number of benzene rings is 1. The fraction of sp³-hybridized carbons (Fsp3) is 0.350. The Morgan fingerprint density at radius 1 is 1.29 bits per heavy atom. The van der Waals surface area contributed by atoms with E-state index in [0.29, 0.717) is 0 Å². The molecular weight excluding hydrogens is 392 g/mol. The van der Waals surface area contributed by atoms with E-state index in [4.69, 9.17) is 4.74 Å². The summed E-state index contributed by atoms with van der Waals surface area (Å²) in [7, 11) is 1.61. The van der Waals surface area contributed by atoms with Gasteiger partial charge in [0.15, 0.2) is 11.0 Å². The molecule has 0 aliphatic carbocycles. The number of nitrogens with zero attached hydrogens (tertiary/aromatic N) is 3. The molecule has 28 heavy (non-hydrogen) atoms. The zero-order valence-electron chi connectivity index (χ0n) is 16.4. The summed E-state index contributed by atoms with van der Waals surface area (Å²) >= 11 is 3.13. The number of rotatable bonds is 8. The summed E-state index contributed by atoms with van der Waals surface area (Å²) in [5.41, 5.74) is 1.82. The zero-order chi connectivity index (χ0) is 20.1. The maximum Gasteiger partial charge on any atom is 0.234 e. The first-order chi connectivity index (χ1) is 13.5. The van der Waals surface area contributed by atoms with Crippen LogP contribution in [-0.4, -0.2) is 33.5 Å². The highest BCUT2D eigenvalue weighted by Gasteiger charge is 2.18. The first-order valence-corrected chi connectivity index (χ1v) is 11.0. The lowest BCUT2D eigenvalue weighted by atomic mass is 10.2. The fourth-order valence-corrected chi connectivity index (χ4v) is 4.40. The van der Waals surface area contributed by atoms with E-state index >= 15 is 0 Å². The van der Waals surface area contributed by atoms with E-state index in [1.54, 1.807) is 18.4 Å². The van der Waals surface area contributed by atoms with E-state index in [0.717, 1.165) is 34.4 Å². The van der Waals surface area contributed by atoms with E-state index in [1.165, 1.54) is 16.6 Å². The van der Waals surface area contributed by atoms with Crippen molar-refractivity contribution in [3.05, 3.63) is 40.6 Å². The highest BCUT2D eigenvalue weighted by Crippen LogP contribution is 2.30. The SMILES string of the molecule is CCc1cc(-c2nnc(SCC(=O)Nc3ccc(OC)cc3)n2C(C)C)cs1. The molecule has 0 bridgehead atoms. The molecule has 0 atom stereocenters. The second kappa shape index (κ2) is 9.25. The summed E-state index contributed by atoms with van der Waals surface area (Å²) in [5, 5.41) is 14.5. The predicted molar refractivity (Wildman–Crippen MR) is 115 cm³/mol. The Hall–Kier alpha value is -2.32. The van der Waals surface area contributed by atoms with Crippen LogP contribution in [0.4, 0.5) is 5.69 Å². The van der Waals surface area contributed by atoms with Crippen LogP contribution in [0, 0.1) is 0 Å². The Morgan fingerprint density at radius 2 is 2.04 bits per heavy atom. The van der Waals surface area contributed by atoms with E-state index in [1.807, 2.05) is 24.3 Å². The molecule has 3 aromatic rings. The van der Waals surface area contributed by atoms with Gasteiger partial charge >= 0.3 is 0 Å². The topological polar surface area (TPSA) is 69.0 Å². The molecule has 1 N–H and O–H groups in total. The number of amides is 1. The molecule has 148 valence electrons. The molecule has 8 heteroatoms. The summed E-state index contributed by atoms with van der Waals surface area (Å²) in [6.07, 6.45) is 1.01. The molecule has 0 aliphatic heterocycles. The largest absolute Gasteiger partial charge is 0.497 e. The molecule has 0 aliphatic rings. The number of anilines is 1. The van der Waals surface area contributed by atoms with Crippen LogP contribution in [0.5, 0.6) is 5.75 Å². The summed E-state index contributed by atoms with van der Waals surface area (Å²) in [5.74, 6) is 1.79. The van der Waals surface area contributed by atoms with Gasteiger partial charge in [0, 0.05) is 27.5 Å². The normalized spacial score (nSPS) is 11.0. The third kappa shape index (κ3) is 4.74. The lowest BCUT2D eigenvalue weighted by Gasteiger charge is -2.13. The van der Waals surface area contributed by atoms with Crippen molar-refractivity contribution >= 4 is 34.7 Å². The molecule has 0 spiro atoms. The third-order valence-electron chi connectivity index (χ3n) is 4.15. The minimum absolute atomic E-state index is 0.0844. The average Bonchev–Trinajstić information content (AvgIpc) is 3.33. The third-order valence-corrected chi connectivity index (χ3v) is 6.17. The number of carbonyl (C=O) groups excluding carboxylic acids is 1. The first-order valence-electron chi connectivity index (χ1n) is 9.11. The van der Waals surface area contributed by atoms with Crippen LogP contribution in [0.25, 0.3) is 11.4 Å². The van der Waals surface area contributed by atoms with Crippen molar-refractivity contribution in [3.8, 4) is 17.1 Å². The molecule has 1 amide bonds. The summed E-state index contributed by atoms with van der Waals surface area (Å²) in [6, 6.07) is 9.63. The predicted octanol–water partition coefficient (Wildman–Crippen LogP) is 4.89. The molecule has 0 saturated heterocycles. The molecule has 0 unspecified atom stereocenters. The van der Waals surface area contributed by atoms with Crippen molar-refractivity contribution in [1.82, 2.24) is 14.8 Å². The molecule has 2 aromatic heterocycles. The molecule has 2 heterocycles. The van der Waals surface area contributed by atoms with Gasteiger partial charge in [-0.05, 0) is 50.6 Å². The average molecular weight is 417 g/mol. The van der Waals surface area contributed by atoms with Crippen molar-refractivity contribution in [1.29, 1.82) is 0 Å². The lowest BCUT2D eigenvalue weighted by Crippen LogP contribution is -2.15. The van der Waals surface area contributed by atoms with Crippen LogP contribution in [-0.2, 0) is 11.2 Å². The van der Waals surface area contributed by atoms with Gasteiger partial charge in [0.25, 0.3) is 0 Å². The van der Waals surface area contributed by atoms with E-state index in [-0.39, 0.29) is 17.7 Å². The van der Waals surface area contributed by atoms with Crippen molar-refractivity contribution in [2.75, 3.05) is 18.2 Å². The van der Waals surface area contributed by atoms with Crippen LogP contribution in [0.1, 0.15) is 31.7 Å². The highest BCUT2D eigenvalue weighted by atomic mass is 32.2. The second-order valence-corrected chi connectivity index (χ2v) is 8.43. The Kier molecular flexibility index (Phi) is 6.74. The highest BCUT2D eigenvalue weighted by molar-refractivity contribution is 7.99. The van der Waals surface area contributed by atoms with E-state index in [9.17, 15) is 4.79 Å². The van der Waals surface area contributed by atoms with Crippen molar-refractivity contribution < 1.29 is 9.53 Å². The Balaban J connectivity index is 1.68. The number of carbonyl (C=O) groups is 1. The van der Waals surface area contributed by atoms with Crippen LogP contribution in [0.3, 0.4) is 0 Å². The second-order valence-electron chi connectivity index (χ2n) is 6.49. The Morgan fingerprint density at radius 3 is 2.64 bits per heavy atom. The van der Waals surface area contributed by atoms with Crippen LogP contribution < -0.4 is 10.1 Å². The van der Waals surface area contributed by atoms with Gasteiger partial charge < -0.3 is 10.1 Å². The summed E-state index contributed by atoms with van der Waals surface area (Å²) in [4.78, 5) is 13.6. The summed E-state index contributed by atoms with van der Waals surface area (Å²) in [6.45, 7) is 6.34. The number of ether oxygens (including phenoxy) is 1. The molecule has 3 rings (SSSR count). The van der Waals surface area contributed by atoms with Gasteiger partial charge in [-0.2, -0.15) is 0 Å². The number of aromatic nitrogens is 3. The molecule has 0 saturated carbocycles. The smallest absolute Gasteiger partial charge is 0.234 e. The maximum atomic E-state index is 12.3. The number of thiophene rings is 1. The number of hydrogen-bond acceptors (Lipinski definition) is 6. The standard InChI is InChI=1S/C20H24N4O2S2/c1-5-17-10-14(11-27-17)19-22-23-20(24(19)13(2)3)28-12-18(25)21-15-6-8-16(26-4)9-7-15/h6-11,13H,5,12H2,1-4H3,(H,21,25). The first kappa shape index (κ1) is 20.4. The van der Waals surface area contributed by atoms with Crippen molar-refractivity contribution in [3.63, 3.8) is 0 Å². The molecular formula is C20H24N4O2S2. The quantitative estimate of drug-likeness (QED) is 0.530. The zero-order valence-corrected chi connectivity index (χ0v) is 18.1. The van der Waals surface area contributed by atoms with Gasteiger partial charge in [0.2, 0.25) is 5.91 Å². The van der Waals surface area contributed by atoms with Gasteiger partial charge in [0.1, 0.15) is 5.75 Å². The number of hydrogen-bond donors (Lipinski definition) is 1. The maximum absolute atomic E-state index is 12.3. The lowest BCUT2D eigenvalue weighted by molar-refractivity contribution is -0.113.